The van der Waals surface area contributed by atoms with Crippen LogP contribution in [-0.4, -0.2) is 0 Å². The van der Waals surface area contributed by atoms with Crippen LogP contribution in [0.5, 0.6) is 0 Å². The number of rotatable bonds is 2. The van der Waals surface area contributed by atoms with Crippen LogP contribution in [-0.2, 0) is 0 Å². The average Bonchev–Trinajstić information content (AvgIpc) is 2.68. The van der Waals surface area contributed by atoms with Crippen molar-refractivity contribution < 1.29 is 0 Å². The van der Waals surface area contributed by atoms with E-state index in [-0.39, 0.29) is 0 Å². The van der Waals surface area contributed by atoms with Crippen molar-refractivity contribution >= 4 is 55.8 Å². The van der Waals surface area contributed by atoms with Crippen LogP contribution in [0, 0.1) is 0 Å². The molecule has 130 valence electrons. The second kappa shape index (κ2) is 6.93. The smallest absolute Gasteiger partial charge is 0.0627 e. The van der Waals surface area contributed by atoms with Gasteiger partial charge >= 0.3 is 0 Å². The molecule has 0 saturated carbocycles. The SMILES string of the molecule is C=Cc1cc2cc3cc4ccc(N)c(N)c4cc3cc2cc1C=C.CC. The first-order valence-electron chi connectivity index (χ1n) is 8.85. The predicted octanol–water partition coefficient (Wildman–Crippen LogP) is 6.62. The molecule has 0 spiro atoms. The Bertz CT molecular complexity index is 1150. The van der Waals surface area contributed by atoms with E-state index < -0.39 is 0 Å². The lowest BCUT2D eigenvalue weighted by Crippen LogP contribution is -1.95. The summed E-state index contributed by atoms with van der Waals surface area (Å²) in [4.78, 5) is 0. The summed E-state index contributed by atoms with van der Waals surface area (Å²) in [6.07, 6.45) is 3.73. The highest BCUT2D eigenvalue weighted by atomic mass is 14.7. The maximum atomic E-state index is 6.16. The summed E-state index contributed by atoms with van der Waals surface area (Å²) in [6, 6.07) is 16.8. The van der Waals surface area contributed by atoms with Gasteiger partial charge in [-0.2, -0.15) is 0 Å². The highest BCUT2D eigenvalue weighted by Crippen LogP contribution is 2.33. The Kier molecular flexibility index (Phi) is 4.68. The quantitative estimate of drug-likeness (QED) is 0.318. The molecule has 26 heavy (non-hydrogen) atoms. The average molecular weight is 340 g/mol. The summed E-state index contributed by atoms with van der Waals surface area (Å²) in [5, 5.41) is 6.78. The molecule has 0 heterocycles. The van der Waals surface area contributed by atoms with Gasteiger partial charge in [-0.05, 0) is 80.5 Å². The van der Waals surface area contributed by atoms with Crippen molar-refractivity contribution in [3.8, 4) is 0 Å². The first-order chi connectivity index (χ1) is 12.6. The van der Waals surface area contributed by atoms with Crippen LogP contribution in [0.4, 0.5) is 11.4 Å². The van der Waals surface area contributed by atoms with E-state index in [0.29, 0.717) is 11.4 Å². The maximum Gasteiger partial charge on any atom is 0.0627 e. The molecule has 2 heteroatoms. The third-order valence-electron chi connectivity index (χ3n) is 4.65. The Morgan fingerprint density at radius 2 is 1.12 bits per heavy atom. The van der Waals surface area contributed by atoms with E-state index in [1.54, 1.807) is 0 Å². The lowest BCUT2D eigenvalue weighted by Gasteiger charge is -2.10. The minimum absolute atomic E-state index is 0.618. The minimum atomic E-state index is 0.618. The second-order valence-corrected chi connectivity index (χ2v) is 6.08. The van der Waals surface area contributed by atoms with Gasteiger partial charge in [-0.1, -0.05) is 45.2 Å². The molecule has 0 bridgehead atoms. The highest BCUT2D eigenvalue weighted by molar-refractivity contribution is 6.09. The minimum Gasteiger partial charge on any atom is -0.397 e. The molecule has 4 N–H and O–H groups in total. The van der Waals surface area contributed by atoms with Crippen molar-refractivity contribution in [2.24, 2.45) is 0 Å². The molecule has 0 unspecified atom stereocenters. The second-order valence-electron chi connectivity index (χ2n) is 6.08. The fourth-order valence-corrected chi connectivity index (χ4v) is 3.30. The number of hydrogen-bond acceptors (Lipinski definition) is 2. The van der Waals surface area contributed by atoms with Gasteiger partial charge < -0.3 is 11.5 Å². The van der Waals surface area contributed by atoms with E-state index in [9.17, 15) is 0 Å². The molecule has 0 aliphatic rings. The van der Waals surface area contributed by atoms with Crippen molar-refractivity contribution in [1.82, 2.24) is 0 Å². The van der Waals surface area contributed by atoms with E-state index >= 15 is 0 Å². The van der Waals surface area contributed by atoms with Crippen LogP contribution < -0.4 is 11.5 Å². The fraction of sp³-hybridized carbons (Fsp3) is 0.0833. The maximum absolute atomic E-state index is 6.16. The van der Waals surface area contributed by atoms with Gasteiger partial charge in [0, 0.05) is 5.39 Å². The van der Waals surface area contributed by atoms with Crippen LogP contribution in [0.3, 0.4) is 0 Å². The normalized spacial score (nSPS) is 10.5. The van der Waals surface area contributed by atoms with Crippen LogP contribution >= 0.6 is 0 Å². The molecule has 0 atom stereocenters. The Hall–Kier alpha value is -3.26. The molecule has 4 aromatic rings. The molecule has 4 rings (SSSR count). The summed E-state index contributed by atoms with van der Waals surface area (Å²) >= 11 is 0. The topological polar surface area (TPSA) is 52.0 Å². The number of fused-ring (bicyclic) bond motifs is 3. The van der Waals surface area contributed by atoms with E-state index in [0.717, 1.165) is 27.3 Å². The van der Waals surface area contributed by atoms with Gasteiger partial charge in [0.2, 0.25) is 0 Å². The van der Waals surface area contributed by atoms with Crippen LogP contribution in [0.15, 0.2) is 61.7 Å². The van der Waals surface area contributed by atoms with E-state index in [1.807, 2.05) is 38.1 Å². The summed E-state index contributed by atoms with van der Waals surface area (Å²) in [5.74, 6) is 0. The van der Waals surface area contributed by atoms with Gasteiger partial charge in [0.25, 0.3) is 0 Å². The number of benzene rings is 4. The molecule has 0 aliphatic carbocycles. The largest absolute Gasteiger partial charge is 0.397 e. The summed E-state index contributed by atoms with van der Waals surface area (Å²) in [7, 11) is 0. The Morgan fingerprint density at radius 1 is 0.654 bits per heavy atom. The predicted molar refractivity (Wildman–Crippen MR) is 119 cm³/mol. The third kappa shape index (κ3) is 2.80. The van der Waals surface area contributed by atoms with Crippen LogP contribution in [0.25, 0.3) is 44.5 Å². The molecule has 0 aromatic heterocycles. The van der Waals surface area contributed by atoms with Crippen LogP contribution in [0.1, 0.15) is 25.0 Å². The standard InChI is InChI=1S/C22H18N2.C2H6/c1-3-13-7-16-10-18-9-15-5-6-21(23)22(24)20(15)12-19(18)11-17(16)8-14(13)4-2;1-2/h3-12H,1-2,23-24H2;1-2H3. The highest BCUT2D eigenvalue weighted by Gasteiger charge is 2.07. The van der Waals surface area contributed by atoms with Gasteiger partial charge in [0.15, 0.2) is 0 Å². The Balaban J connectivity index is 0.000000948. The molecule has 0 saturated heterocycles. The van der Waals surface area contributed by atoms with Crippen LogP contribution in [0.2, 0.25) is 0 Å². The third-order valence-corrected chi connectivity index (χ3v) is 4.65. The molecule has 0 fully saturated rings. The van der Waals surface area contributed by atoms with Crippen molar-refractivity contribution in [2.75, 3.05) is 11.5 Å². The Morgan fingerprint density at radius 3 is 1.65 bits per heavy atom. The number of nitrogen functional groups attached to an aromatic ring is 2. The molecular formula is C24H24N2. The molecule has 0 amide bonds. The van der Waals surface area contributed by atoms with E-state index in [4.69, 9.17) is 11.5 Å². The van der Waals surface area contributed by atoms with Gasteiger partial charge in [-0.25, -0.2) is 0 Å². The zero-order valence-corrected chi connectivity index (χ0v) is 15.3. The first kappa shape index (κ1) is 17.6. The van der Waals surface area contributed by atoms with Gasteiger partial charge in [0.05, 0.1) is 11.4 Å². The molecule has 4 aromatic carbocycles. The number of hydrogen-bond donors (Lipinski definition) is 2. The van der Waals surface area contributed by atoms with Gasteiger partial charge in [-0.15, -0.1) is 0 Å². The molecular weight excluding hydrogens is 316 g/mol. The summed E-state index contributed by atoms with van der Waals surface area (Å²) in [5.41, 5.74) is 15.5. The molecule has 0 radical (unpaired) electrons. The number of nitrogens with two attached hydrogens (primary N) is 2. The van der Waals surface area contributed by atoms with E-state index in [2.05, 4.69) is 49.6 Å². The molecule has 2 nitrogen and oxygen atoms in total. The van der Waals surface area contributed by atoms with Crippen molar-refractivity contribution in [3.63, 3.8) is 0 Å². The summed E-state index contributed by atoms with van der Waals surface area (Å²) in [6.45, 7) is 11.8. The summed E-state index contributed by atoms with van der Waals surface area (Å²) < 4.78 is 0. The van der Waals surface area contributed by atoms with Gasteiger partial charge in [0.1, 0.15) is 0 Å². The van der Waals surface area contributed by atoms with E-state index in [1.165, 1.54) is 16.2 Å². The van der Waals surface area contributed by atoms with Crippen molar-refractivity contribution in [2.45, 2.75) is 13.8 Å². The van der Waals surface area contributed by atoms with Gasteiger partial charge in [-0.3, -0.25) is 0 Å². The monoisotopic (exact) mass is 340 g/mol. The molecule has 0 aliphatic heterocycles. The van der Waals surface area contributed by atoms with Crippen molar-refractivity contribution in [3.05, 3.63) is 72.8 Å². The fourth-order valence-electron chi connectivity index (χ4n) is 3.30. The Labute approximate surface area is 154 Å². The number of anilines is 2. The first-order valence-corrected chi connectivity index (χ1v) is 8.85. The zero-order valence-electron chi connectivity index (χ0n) is 15.3. The lowest BCUT2D eigenvalue weighted by molar-refractivity contribution is 1.50. The zero-order chi connectivity index (χ0) is 18.8. The lowest BCUT2D eigenvalue weighted by atomic mass is 9.95. The van der Waals surface area contributed by atoms with Crippen molar-refractivity contribution in [1.29, 1.82) is 0 Å².